The number of pyridine rings is 4. The number of halogens is 5. The quantitative estimate of drug-likeness (QED) is 0.0637. The van der Waals surface area contributed by atoms with E-state index in [4.69, 9.17) is 34.0 Å². The second-order valence-electron chi connectivity index (χ2n) is 17.0. The molecule has 2 aliphatic heterocycles. The van der Waals surface area contributed by atoms with E-state index in [9.17, 15) is 37.5 Å². The molecular weight excluding hydrogens is 1090 g/mol. The Kier molecular flexibility index (Phi) is 19.4. The van der Waals surface area contributed by atoms with Gasteiger partial charge in [0.15, 0.2) is 11.6 Å². The Bertz CT molecular complexity index is 3190. The predicted molar refractivity (Wildman–Crippen MR) is 286 cm³/mol. The number of nitrogens with two attached hydrogens (primary N) is 1. The van der Waals surface area contributed by atoms with E-state index >= 15 is 0 Å². The fraction of sp³-hybridized carbons (Fsp3) is 0.240. The third kappa shape index (κ3) is 13.8. The third-order valence-electron chi connectivity index (χ3n) is 12.3. The molecule has 4 aliphatic rings. The third-order valence-corrected chi connectivity index (χ3v) is 14.9. The summed E-state index contributed by atoms with van der Waals surface area (Å²) in [6, 6.07) is 12.8. The molecule has 10 N–H and O–H groups in total. The number of hydrogen-bond acceptors (Lipinski definition) is 15. The molecule has 6 heterocycles. The molecule has 76 heavy (non-hydrogen) atoms. The number of hydrazine groups is 2. The summed E-state index contributed by atoms with van der Waals surface area (Å²) in [6.07, 6.45) is 12.8. The first-order valence-electron chi connectivity index (χ1n) is 23.1. The molecule has 2 fully saturated rings. The summed E-state index contributed by atoms with van der Waals surface area (Å²) in [6.45, 7) is 0. The number of aromatic nitrogens is 4. The smallest absolute Gasteiger partial charge is 0.337 e. The first kappa shape index (κ1) is 56.6. The van der Waals surface area contributed by atoms with E-state index in [2.05, 4.69) is 57.6 Å². The number of benzene rings is 2. The maximum atomic E-state index is 14.6. The number of carboxylic acids is 1. The van der Waals surface area contributed by atoms with E-state index in [0.29, 0.717) is 60.1 Å². The average Bonchev–Trinajstić information content (AvgIpc) is 3.89. The Hall–Kier alpha value is -7.15. The number of aryl methyl sites for hydroxylation is 2. The largest absolute Gasteiger partial charge is 0.478 e. The monoisotopic (exact) mass is 1130 g/mol. The van der Waals surface area contributed by atoms with Gasteiger partial charge in [-0.05, 0) is 108 Å². The summed E-state index contributed by atoms with van der Waals surface area (Å²) < 4.78 is 29.1. The van der Waals surface area contributed by atoms with Crippen LogP contribution in [0.4, 0.5) is 30.0 Å². The highest BCUT2D eigenvalue weighted by atomic mass is 35.5. The fourth-order valence-corrected chi connectivity index (χ4v) is 10.7. The Morgan fingerprint density at radius 2 is 1.12 bits per heavy atom. The molecule has 10 rings (SSSR count). The zero-order chi connectivity index (χ0) is 53.2. The van der Waals surface area contributed by atoms with Crippen molar-refractivity contribution in [1.82, 2.24) is 46.7 Å². The van der Waals surface area contributed by atoms with Crippen molar-refractivity contribution in [3.05, 3.63) is 175 Å². The van der Waals surface area contributed by atoms with Gasteiger partial charge < -0.3 is 26.8 Å². The lowest BCUT2D eigenvalue weighted by molar-refractivity contribution is -0.112. The van der Waals surface area contributed by atoms with E-state index in [1.165, 1.54) is 54.0 Å². The van der Waals surface area contributed by atoms with Crippen LogP contribution < -0.4 is 43.4 Å². The number of carbonyl (C=O) groups excluding carboxylic acids is 5. The molecule has 396 valence electrons. The van der Waals surface area contributed by atoms with E-state index in [-0.39, 0.29) is 73.1 Å². The summed E-state index contributed by atoms with van der Waals surface area (Å²) >= 11 is 14.8. The van der Waals surface area contributed by atoms with Crippen LogP contribution in [0.2, 0.25) is 10.0 Å². The van der Waals surface area contributed by atoms with Gasteiger partial charge in [0.1, 0.15) is 11.6 Å². The minimum atomic E-state index is -1.17. The molecule has 0 radical (unpaired) electrons. The Balaban J connectivity index is 0.000000196. The van der Waals surface area contributed by atoms with Crippen LogP contribution in [0, 0.1) is 11.6 Å². The molecule has 0 spiro atoms. The van der Waals surface area contributed by atoms with Crippen molar-refractivity contribution in [2.45, 2.75) is 62.7 Å². The van der Waals surface area contributed by atoms with Gasteiger partial charge in [-0.3, -0.25) is 46.1 Å². The molecule has 6 aromatic rings. The predicted octanol–water partition coefficient (Wildman–Crippen LogP) is 7.43. The average molecular weight is 1140 g/mol. The highest BCUT2D eigenvalue weighted by Gasteiger charge is 2.30. The lowest BCUT2D eigenvalue weighted by Crippen LogP contribution is -2.41. The first-order chi connectivity index (χ1) is 36.1. The molecule has 2 aliphatic carbocycles. The number of nitrogens with one attached hydrogen (secondary N) is 7. The fourth-order valence-electron chi connectivity index (χ4n) is 8.48. The summed E-state index contributed by atoms with van der Waals surface area (Å²) in [5.41, 5.74) is 21.4. The van der Waals surface area contributed by atoms with Crippen LogP contribution in [0.25, 0.3) is 0 Å². The van der Waals surface area contributed by atoms with Gasteiger partial charge in [-0.2, -0.15) is 0 Å². The van der Waals surface area contributed by atoms with Crippen molar-refractivity contribution >= 4 is 105 Å². The van der Waals surface area contributed by atoms with Gasteiger partial charge in [-0.15, -0.1) is 12.4 Å². The molecule has 0 saturated carbocycles. The standard InChI is InChI=1S/C25H22ClFN6O3S.C21H17ClFN5O3.C4H7NOS.ClH/c26-18-10-14(23(34)30-20-7-9-37-24(20)35)11-29-22(18)32-33-25(36)31-21-16-2-1-3-19(27)15(16)5-4-13-6-8-28-12-17(13)21;22-16-8-12(20(29)30)9-25-19(16)27-28-21(31)26-18-14-2-1-3-17(23)13(14)5-4-11-6-7-24-10-15(11)18;5-3-1-2-7-4(3)6;/h1-3,6,8,10-12,20-21H,4-5,7,9H2,(H,29,32)(H,30,34)(H2,31,33,36);1-3,6-10,18H,4-5H2,(H,25,27)(H,29,30)(H2,26,28,31);3H,1-2,5H2;1H. The van der Waals surface area contributed by atoms with Gasteiger partial charge in [0.25, 0.3) is 5.91 Å². The number of amides is 5. The number of rotatable bonds is 9. The maximum absolute atomic E-state index is 14.6. The van der Waals surface area contributed by atoms with Crippen molar-refractivity contribution in [2.75, 3.05) is 22.4 Å². The molecule has 26 heteroatoms. The van der Waals surface area contributed by atoms with Crippen molar-refractivity contribution < 1.29 is 42.7 Å². The second-order valence-corrected chi connectivity index (χ2v) is 20.0. The van der Waals surface area contributed by atoms with Crippen LogP contribution in [0.1, 0.15) is 90.1 Å². The summed E-state index contributed by atoms with van der Waals surface area (Å²) in [4.78, 5) is 87.4. The number of aromatic carboxylic acids is 1. The van der Waals surface area contributed by atoms with Gasteiger partial charge in [0.05, 0.1) is 45.3 Å². The minimum absolute atomic E-state index is 0. The van der Waals surface area contributed by atoms with Crippen molar-refractivity contribution in [1.29, 1.82) is 0 Å². The van der Waals surface area contributed by atoms with Crippen LogP contribution in [-0.2, 0) is 35.3 Å². The van der Waals surface area contributed by atoms with E-state index in [0.717, 1.165) is 40.6 Å². The zero-order valence-electron chi connectivity index (χ0n) is 39.7. The summed E-state index contributed by atoms with van der Waals surface area (Å²) in [5, 5.41) is 17.6. The Morgan fingerprint density at radius 1 is 0.632 bits per heavy atom. The Morgan fingerprint density at radius 3 is 1.55 bits per heavy atom. The van der Waals surface area contributed by atoms with Crippen LogP contribution in [0.5, 0.6) is 0 Å². The van der Waals surface area contributed by atoms with E-state index in [1.54, 1.807) is 49.1 Å². The molecule has 4 atom stereocenters. The normalized spacial score (nSPS) is 17.8. The number of carbonyl (C=O) groups is 6. The highest BCUT2D eigenvalue weighted by molar-refractivity contribution is 8.14. The SMILES string of the molecule is Cl.NC1CCSC1=O.O=C(NNc1ncc(C(=O)NC2CCSC2=O)cc1Cl)NC1c2cnccc2CCc2c(F)cccc21.O=C(NNc1ncc(C(=O)O)cc1Cl)NC1c2cnccc2CCc2c(F)cccc21. The Labute approximate surface area is 457 Å². The van der Waals surface area contributed by atoms with Gasteiger partial charge in [-0.1, -0.05) is 71.0 Å². The number of anilines is 2. The maximum Gasteiger partial charge on any atom is 0.337 e. The van der Waals surface area contributed by atoms with E-state index in [1.807, 2.05) is 12.1 Å². The summed E-state index contributed by atoms with van der Waals surface area (Å²) in [7, 11) is 0. The summed E-state index contributed by atoms with van der Waals surface area (Å²) in [5.74, 6) is -0.482. The van der Waals surface area contributed by atoms with Crippen LogP contribution in [0.3, 0.4) is 0 Å². The highest BCUT2D eigenvalue weighted by Crippen LogP contribution is 2.35. The zero-order valence-corrected chi connectivity index (χ0v) is 43.7. The lowest BCUT2D eigenvalue weighted by atomic mass is 9.96. The van der Waals surface area contributed by atoms with Crippen LogP contribution >= 0.6 is 59.1 Å². The van der Waals surface area contributed by atoms with Crippen molar-refractivity contribution in [2.24, 2.45) is 5.73 Å². The van der Waals surface area contributed by atoms with Gasteiger partial charge in [0.2, 0.25) is 10.2 Å². The number of carboxylic acid groups (broad SMARTS) is 1. The van der Waals surface area contributed by atoms with E-state index < -0.39 is 42.1 Å². The van der Waals surface area contributed by atoms with Crippen LogP contribution in [-0.4, -0.2) is 82.8 Å². The number of hydrogen-bond donors (Lipinski definition) is 9. The van der Waals surface area contributed by atoms with Gasteiger partial charge >= 0.3 is 18.0 Å². The minimum Gasteiger partial charge on any atom is -0.478 e. The van der Waals surface area contributed by atoms with Gasteiger partial charge in [-0.25, -0.2) is 33.1 Å². The van der Waals surface area contributed by atoms with Crippen LogP contribution in [0.15, 0.2) is 97.8 Å². The number of thioether (sulfide) groups is 2. The van der Waals surface area contributed by atoms with Crippen molar-refractivity contribution in [3.8, 4) is 0 Å². The number of fused-ring (bicyclic) bond motifs is 4. The van der Waals surface area contributed by atoms with Crippen molar-refractivity contribution in [3.63, 3.8) is 0 Å². The second kappa shape index (κ2) is 26.1. The molecule has 0 bridgehead atoms. The van der Waals surface area contributed by atoms with Gasteiger partial charge in [0, 0.05) is 59.8 Å². The molecule has 2 aromatic carbocycles. The molecular formula is C50H47Cl3F2N12O7S2. The molecule has 19 nitrogen and oxygen atoms in total. The first-order valence-corrected chi connectivity index (χ1v) is 25.9. The number of nitrogens with zero attached hydrogens (tertiary/aromatic N) is 4. The molecule has 2 saturated heterocycles. The molecule has 5 amide bonds. The topological polar surface area (TPSA) is 284 Å². The number of urea groups is 2. The lowest BCUT2D eigenvalue weighted by Gasteiger charge is -2.22. The molecule has 4 aromatic heterocycles. The molecule has 4 unspecified atom stereocenters.